The molecule has 5 heteroatoms. The van der Waals surface area contributed by atoms with Crippen LogP contribution in [0.2, 0.25) is 0 Å². The van der Waals surface area contributed by atoms with Gasteiger partial charge in [0.2, 0.25) is 0 Å². The fourth-order valence-electron chi connectivity index (χ4n) is 3.27. The summed E-state index contributed by atoms with van der Waals surface area (Å²) in [5.41, 5.74) is 4.81. The number of hydrogen-bond acceptors (Lipinski definition) is 3. The molecule has 1 N–H and O–H groups in total. The van der Waals surface area contributed by atoms with E-state index >= 15 is 0 Å². The van der Waals surface area contributed by atoms with E-state index in [0.29, 0.717) is 18.0 Å². The molecule has 0 saturated heterocycles. The number of nitrogens with one attached hydrogen (secondary N) is 1. The van der Waals surface area contributed by atoms with Gasteiger partial charge in [0.1, 0.15) is 0 Å². The van der Waals surface area contributed by atoms with Gasteiger partial charge in [-0.15, -0.1) is 0 Å². The van der Waals surface area contributed by atoms with Crippen molar-refractivity contribution in [1.82, 2.24) is 20.1 Å². The molecule has 1 amide bonds. The van der Waals surface area contributed by atoms with Gasteiger partial charge in [0.25, 0.3) is 5.91 Å². The number of pyridine rings is 1. The molecule has 0 spiro atoms. The summed E-state index contributed by atoms with van der Waals surface area (Å²) >= 11 is 0. The van der Waals surface area contributed by atoms with Gasteiger partial charge in [-0.25, -0.2) is 9.67 Å². The van der Waals surface area contributed by atoms with Gasteiger partial charge in [0.15, 0.2) is 5.65 Å². The molecule has 3 aromatic rings. The van der Waals surface area contributed by atoms with Gasteiger partial charge >= 0.3 is 0 Å². The van der Waals surface area contributed by atoms with Crippen molar-refractivity contribution in [1.29, 1.82) is 0 Å². The SMILES string of the molecule is Cc1ccccc1CNC(=O)c1cc(C2CC2)nc2c1cnn2C(C)C. The number of aryl methyl sites for hydroxylation is 1. The first-order valence-electron chi connectivity index (χ1n) is 9.25. The molecule has 0 bridgehead atoms. The van der Waals surface area contributed by atoms with Gasteiger partial charge < -0.3 is 5.32 Å². The van der Waals surface area contributed by atoms with E-state index in [1.807, 2.05) is 28.9 Å². The van der Waals surface area contributed by atoms with Gasteiger partial charge in [0.05, 0.1) is 17.1 Å². The minimum Gasteiger partial charge on any atom is -0.348 e. The highest BCUT2D eigenvalue weighted by molar-refractivity contribution is 6.05. The molecule has 2 heterocycles. The van der Waals surface area contributed by atoms with Crippen LogP contribution in [-0.4, -0.2) is 20.7 Å². The van der Waals surface area contributed by atoms with Gasteiger partial charge in [-0.1, -0.05) is 24.3 Å². The van der Waals surface area contributed by atoms with E-state index in [2.05, 4.69) is 37.3 Å². The molecule has 0 aliphatic heterocycles. The molecule has 5 nitrogen and oxygen atoms in total. The third-order valence-corrected chi connectivity index (χ3v) is 5.02. The molecule has 1 aliphatic rings. The number of benzene rings is 1. The second-order valence-electron chi connectivity index (χ2n) is 7.40. The van der Waals surface area contributed by atoms with Crippen LogP contribution in [0.15, 0.2) is 36.5 Å². The number of hydrogen-bond donors (Lipinski definition) is 1. The molecule has 134 valence electrons. The van der Waals surface area contributed by atoms with Crippen LogP contribution < -0.4 is 5.32 Å². The highest BCUT2D eigenvalue weighted by Gasteiger charge is 2.28. The van der Waals surface area contributed by atoms with E-state index < -0.39 is 0 Å². The normalized spacial score (nSPS) is 14.2. The second-order valence-corrected chi connectivity index (χ2v) is 7.40. The topological polar surface area (TPSA) is 59.8 Å². The van der Waals surface area contributed by atoms with Crippen molar-refractivity contribution in [2.75, 3.05) is 0 Å². The van der Waals surface area contributed by atoms with Crippen molar-refractivity contribution in [3.8, 4) is 0 Å². The fraction of sp³-hybridized carbons (Fsp3) is 0.381. The minimum absolute atomic E-state index is 0.0640. The van der Waals surface area contributed by atoms with E-state index in [9.17, 15) is 4.79 Å². The Morgan fingerprint density at radius 1 is 1.31 bits per heavy atom. The number of carbonyl (C=O) groups excluding carboxylic acids is 1. The van der Waals surface area contributed by atoms with Crippen molar-refractivity contribution >= 4 is 16.9 Å². The van der Waals surface area contributed by atoms with E-state index in [1.165, 1.54) is 5.56 Å². The van der Waals surface area contributed by atoms with E-state index in [1.54, 1.807) is 6.20 Å². The molecule has 26 heavy (non-hydrogen) atoms. The van der Waals surface area contributed by atoms with Crippen LogP contribution >= 0.6 is 0 Å². The Bertz CT molecular complexity index is 969. The van der Waals surface area contributed by atoms with E-state index in [4.69, 9.17) is 4.98 Å². The van der Waals surface area contributed by atoms with Crippen molar-refractivity contribution in [2.24, 2.45) is 0 Å². The summed E-state index contributed by atoms with van der Waals surface area (Å²) in [5, 5.41) is 8.36. The zero-order valence-electron chi connectivity index (χ0n) is 15.5. The maximum atomic E-state index is 12.9. The molecular weight excluding hydrogens is 324 g/mol. The molecule has 1 saturated carbocycles. The molecule has 0 radical (unpaired) electrons. The third kappa shape index (κ3) is 3.09. The average molecular weight is 348 g/mol. The zero-order valence-corrected chi connectivity index (χ0v) is 15.5. The number of rotatable bonds is 5. The Hall–Kier alpha value is -2.69. The van der Waals surface area contributed by atoms with Crippen molar-refractivity contribution in [3.63, 3.8) is 0 Å². The summed E-state index contributed by atoms with van der Waals surface area (Å²) in [6, 6.07) is 10.3. The lowest BCUT2D eigenvalue weighted by molar-refractivity contribution is 0.0952. The summed E-state index contributed by atoms with van der Waals surface area (Å²) in [6.45, 7) is 6.74. The van der Waals surface area contributed by atoms with Crippen LogP contribution in [0.5, 0.6) is 0 Å². The Labute approximate surface area is 153 Å². The molecule has 2 aromatic heterocycles. The van der Waals surface area contributed by atoms with Crippen LogP contribution in [0.25, 0.3) is 11.0 Å². The predicted molar refractivity (Wildman–Crippen MR) is 102 cm³/mol. The summed E-state index contributed by atoms with van der Waals surface area (Å²) < 4.78 is 1.90. The van der Waals surface area contributed by atoms with Crippen LogP contribution in [0.3, 0.4) is 0 Å². The minimum atomic E-state index is -0.0640. The Balaban J connectivity index is 1.68. The maximum Gasteiger partial charge on any atom is 0.252 e. The molecule has 1 aromatic carbocycles. The van der Waals surface area contributed by atoms with Crippen LogP contribution in [0, 0.1) is 6.92 Å². The van der Waals surface area contributed by atoms with Gasteiger partial charge in [0, 0.05) is 24.2 Å². The van der Waals surface area contributed by atoms with Crippen molar-refractivity contribution in [2.45, 2.75) is 52.1 Å². The quantitative estimate of drug-likeness (QED) is 0.754. The van der Waals surface area contributed by atoms with Crippen LogP contribution in [0.1, 0.15) is 65.8 Å². The molecule has 0 unspecified atom stereocenters. The zero-order chi connectivity index (χ0) is 18.3. The number of aromatic nitrogens is 3. The molecule has 4 rings (SSSR count). The van der Waals surface area contributed by atoms with Gasteiger partial charge in [-0.3, -0.25) is 4.79 Å². The van der Waals surface area contributed by atoms with E-state index in [0.717, 1.165) is 35.1 Å². The van der Waals surface area contributed by atoms with Gasteiger partial charge in [-0.2, -0.15) is 5.10 Å². The molecular formula is C21H24N4O. The van der Waals surface area contributed by atoms with Crippen LogP contribution in [0.4, 0.5) is 0 Å². The highest BCUT2D eigenvalue weighted by atomic mass is 16.1. The average Bonchev–Trinajstić information content (AvgIpc) is 3.38. The molecule has 0 atom stereocenters. The molecule has 1 fully saturated rings. The Morgan fingerprint density at radius 2 is 2.08 bits per heavy atom. The second kappa shape index (κ2) is 6.56. The Morgan fingerprint density at radius 3 is 2.77 bits per heavy atom. The lowest BCUT2D eigenvalue weighted by Crippen LogP contribution is -2.23. The highest BCUT2D eigenvalue weighted by Crippen LogP contribution is 2.40. The van der Waals surface area contributed by atoms with Crippen molar-refractivity contribution in [3.05, 3.63) is 58.9 Å². The summed E-state index contributed by atoms with van der Waals surface area (Å²) in [6.07, 6.45) is 4.07. The third-order valence-electron chi connectivity index (χ3n) is 5.02. The fourth-order valence-corrected chi connectivity index (χ4v) is 3.27. The smallest absolute Gasteiger partial charge is 0.252 e. The van der Waals surface area contributed by atoms with E-state index in [-0.39, 0.29) is 11.9 Å². The summed E-state index contributed by atoms with van der Waals surface area (Å²) in [7, 11) is 0. The van der Waals surface area contributed by atoms with Crippen molar-refractivity contribution < 1.29 is 4.79 Å². The first-order valence-corrected chi connectivity index (χ1v) is 9.25. The summed E-state index contributed by atoms with van der Waals surface area (Å²) in [4.78, 5) is 17.8. The maximum absolute atomic E-state index is 12.9. The molecule has 1 aliphatic carbocycles. The number of nitrogens with zero attached hydrogens (tertiary/aromatic N) is 3. The number of amides is 1. The summed E-state index contributed by atoms with van der Waals surface area (Å²) in [5.74, 6) is 0.420. The monoisotopic (exact) mass is 348 g/mol. The van der Waals surface area contributed by atoms with Crippen LogP contribution in [-0.2, 0) is 6.54 Å². The lowest BCUT2D eigenvalue weighted by atomic mass is 10.1. The number of carbonyl (C=O) groups is 1. The largest absolute Gasteiger partial charge is 0.348 e. The predicted octanol–water partition coefficient (Wildman–Crippen LogP) is 4.13. The first-order chi connectivity index (χ1) is 12.5. The standard InChI is InChI=1S/C21H24N4O/c1-13(2)25-20-18(12-23-25)17(10-19(24-20)15-8-9-15)21(26)22-11-16-7-5-4-6-14(16)3/h4-7,10,12-13,15H,8-9,11H2,1-3H3,(H,22,26). The number of fused-ring (bicyclic) bond motifs is 1. The lowest BCUT2D eigenvalue weighted by Gasteiger charge is -2.11. The first kappa shape index (κ1) is 16.8. The Kier molecular flexibility index (Phi) is 4.23. The van der Waals surface area contributed by atoms with Gasteiger partial charge in [-0.05, 0) is 50.8 Å².